The molecule has 0 fully saturated rings. The molecule has 0 amide bonds. The Hall–Kier alpha value is -1.83. The van der Waals surface area contributed by atoms with Gasteiger partial charge in [0.1, 0.15) is 0 Å². The van der Waals surface area contributed by atoms with Gasteiger partial charge in [-0.15, -0.1) is 0 Å². The van der Waals surface area contributed by atoms with Crippen LogP contribution in [0.1, 0.15) is 12.5 Å². The smallest absolute Gasteiger partial charge is 0.330 e. The molecular formula is C14H16O2. The van der Waals surface area contributed by atoms with Gasteiger partial charge in [0.05, 0.1) is 7.11 Å². The first-order valence-electron chi connectivity index (χ1n) is 5.19. The third kappa shape index (κ3) is 4.60. The highest BCUT2D eigenvalue weighted by molar-refractivity contribution is 5.82. The second-order valence-corrected chi connectivity index (χ2v) is 3.49. The maximum absolute atomic E-state index is 10.9. The van der Waals surface area contributed by atoms with E-state index in [1.807, 2.05) is 25.1 Å². The van der Waals surface area contributed by atoms with E-state index >= 15 is 0 Å². The molecule has 2 heteroatoms. The van der Waals surface area contributed by atoms with Crippen LogP contribution >= 0.6 is 0 Å². The molecule has 0 aliphatic rings. The van der Waals surface area contributed by atoms with Crippen molar-refractivity contribution in [3.8, 4) is 0 Å². The molecule has 0 unspecified atom stereocenters. The summed E-state index contributed by atoms with van der Waals surface area (Å²) < 4.78 is 4.51. The Bertz CT molecular complexity index is 388. The van der Waals surface area contributed by atoms with Crippen LogP contribution in [0.2, 0.25) is 0 Å². The Morgan fingerprint density at radius 3 is 2.56 bits per heavy atom. The number of allylic oxidation sites excluding steroid dienone is 3. The van der Waals surface area contributed by atoms with Crippen LogP contribution in [0.4, 0.5) is 0 Å². The molecule has 1 aromatic rings. The van der Waals surface area contributed by atoms with Crippen LogP contribution in [-0.4, -0.2) is 13.1 Å². The normalized spacial score (nSPS) is 11.8. The summed E-state index contributed by atoms with van der Waals surface area (Å²) in [5, 5.41) is 0. The summed E-state index contributed by atoms with van der Waals surface area (Å²) in [6.07, 6.45) is 6.14. The first-order chi connectivity index (χ1) is 7.72. The van der Waals surface area contributed by atoms with Crippen LogP contribution in [-0.2, 0) is 16.0 Å². The fraction of sp³-hybridized carbons (Fsp3) is 0.214. The summed E-state index contributed by atoms with van der Waals surface area (Å²) >= 11 is 0. The van der Waals surface area contributed by atoms with E-state index in [0.717, 1.165) is 12.0 Å². The van der Waals surface area contributed by atoms with Gasteiger partial charge in [0.15, 0.2) is 0 Å². The number of hydrogen-bond acceptors (Lipinski definition) is 2. The van der Waals surface area contributed by atoms with Crippen molar-refractivity contribution in [1.82, 2.24) is 0 Å². The minimum absolute atomic E-state index is 0.326. The highest BCUT2D eigenvalue weighted by Gasteiger charge is 1.91. The zero-order valence-electron chi connectivity index (χ0n) is 9.64. The molecule has 0 saturated heterocycles. The Morgan fingerprint density at radius 2 is 1.94 bits per heavy atom. The van der Waals surface area contributed by atoms with Gasteiger partial charge >= 0.3 is 5.97 Å². The van der Waals surface area contributed by atoms with Gasteiger partial charge in [0.2, 0.25) is 0 Å². The van der Waals surface area contributed by atoms with E-state index < -0.39 is 0 Å². The lowest BCUT2D eigenvalue weighted by Crippen LogP contribution is -1.93. The van der Waals surface area contributed by atoms with Crippen molar-refractivity contribution < 1.29 is 9.53 Å². The van der Waals surface area contributed by atoms with Gasteiger partial charge < -0.3 is 4.74 Å². The quantitative estimate of drug-likeness (QED) is 0.439. The molecule has 2 nitrogen and oxygen atoms in total. The Kier molecular flexibility index (Phi) is 5.06. The molecule has 1 rings (SSSR count). The highest BCUT2D eigenvalue weighted by Crippen LogP contribution is 2.03. The SMILES string of the molecule is COC(=O)C=CC(C)=CCc1ccccc1. The molecule has 0 spiro atoms. The summed E-state index contributed by atoms with van der Waals surface area (Å²) in [7, 11) is 1.37. The highest BCUT2D eigenvalue weighted by atomic mass is 16.5. The molecule has 0 heterocycles. The summed E-state index contributed by atoms with van der Waals surface area (Å²) in [6.45, 7) is 1.96. The first kappa shape index (κ1) is 12.2. The predicted octanol–water partition coefficient (Wildman–Crippen LogP) is 2.90. The largest absolute Gasteiger partial charge is 0.466 e. The molecule has 0 saturated carbocycles. The topological polar surface area (TPSA) is 26.3 Å². The molecule has 0 aliphatic carbocycles. The molecule has 16 heavy (non-hydrogen) atoms. The summed E-state index contributed by atoms with van der Waals surface area (Å²) in [5.74, 6) is -0.326. The van der Waals surface area contributed by atoms with Crippen LogP contribution in [0.15, 0.2) is 54.1 Å². The van der Waals surface area contributed by atoms with Crippen LogP contribution < -0.4 is 0 Å². The van der Waals surface area contributed by atoms with Gasteiger partial charge in [-0.25, -0.2) is 4.79 Å². The lowest BCUT2D eigenvalue weighted by Gasteiger charge is -1.96. The number of methoxy groups -OCH3 is 1. The Labute approximate surface area is 96.2 Å². The monoisotopic (exact) mass is 216 g/mol. The minimum atomic E-state index is -0.326. The third-order valence-corrected chi connectivity index (χ3v) is 2.19. The number of hydrogen-bond donors (Lipinski definition) is 0. The van der Waals surface area contributed by atoms with E-state index in [4.69, 9.17) is 0 Å². The number of carbonyl (C=O) groups is 1. The molecule has 0 radical (unpaired) electrons. The lowest BCUT2D eigenvalue weighted by molar-refractivity contribution is -0.134. The third-order valence-electron chi connectivity index (χ3n) is 2.19. The van der Waals surface area contributed by atoms with E-state index in [-0.39, 0.29) is 5.97 Å². The number of esters is 1. The number of carbonyl (C=O) groups excluding carboxylic acids is 1. The average Bonchev–Trinajstić information content (AvgIpc) is 2.34. The van der Waals surface area contributed by atoms with Gasteiger partial charge in [-0.05, 0) is 18.9 Å². The summed E-state index contributed by atoms with van der Waals surface area (Å²) in [4.78, 5) is 10.9. The van der Waals surface area contributed by atoms with Crippen molar-refractivity contribution in [2.24, 2.45) is 0 Å². The molecule has 0 N–H and O–H groups in total. The second kappa shape index (κ2) is 6.62. The molecular weight excluding hydrogens is 200 g/mol. The first-order valence-corrected chi connectivity index (χ1v) is 5.19. The number of rotatable bonds is 4. The van der Waals surface area contributed by atoms with Crippen molar-refractivity contribution in [3.05, 3.63) is 59.7 Å². The number of benzene rings is 1. The van der Waals surface area contributed by atoms with Crippen LogP contribution in [0.25, 0.3) is 0 Å². The van der Waals surface area contributed by atoms with E-state index in [1.165, 1.54) is 18.7 Å². The molecule has 0 aromatic heterocycles. The van der Waals surface area contributed by atoms with Crippen molar-refractivity contribution in [2.75, 3.05) is 7.11 Å². The zero-order valence-corrected chi connectivity index (χ0v) is 9.64. The molecule has 0 atom stereocenters. The van der Waals surface area contributed by atoms with Gasteiger partial charge in [0.25, 0.3) is 0 Å². The van der Waals surface area contributed by atoms with Crippen LogP contribution in [0.3, 0.4) is 0 Å². The number of ether oxygens (including phenoxy) is 1. The Morgan fingerprint density at radius 1 is 1.25 bits per heavy atom. The fourth-order valence-electron chi connectivity index (χ4n) is 1.23. The van der Waals surface area contributed by atoms with Crippen molar-refractivity contribution in [1.29, 1.82) is 0 Å². The molecule has 1 aromatic carbocycles. The van der Waals surface area contributed by atoms with Crippen LogP contribution in [0.5, 0.6) is 0 Å². The van der Waals surface area contributed by atoms with Gasteiger partial charge in [-0.2, -0.15) is 0 Å². The van der Waals surface area contributed by atoms with Crippen molar-refractivity contribution >= 4 is 5.97 Å². The maximum atomic E-state index is 10.9. The van der Waals surface area contributed by atoms with Crippen LogP contribution in [0, 0.1) is 0 Å². The molecule has 0 bridgehead atoms. The summed E-state index contributed by atoms with van der Waals surface area (Å²) in [5.41, 5.74) is 2.31. The van der Waals surface area contributed by atoms with Crippen molar-refractivity contribution in [2.45, 2.75) is 13.3 Å². The van der Waals surface area contributed by atoms with Crippen molar-refractivity contribution in [3.63, 3.8) is 0 Å². The van der Waals surface area contributed by atoms with Gasteiger partial charge in [-0.1, -0.05) is 48.1 Å². The standard InChI is InChI=1S/C14H16O2/c1-12(9-11-14(15)16-2)8-10-13-6-4-3-5-7-13/h3-9,11H,10H2,1-2H3. The zero-order chi connectivity index (χ0) is 11.8. The summed E-state index contributed by atoms with van der Waals surface area (Å²) in [6, 6.07) is 10.2. The molecule has 84 valence electrons. The second-order valence-electron chi connectivity index (χ2n) is 3.49. The Balaban J connectivity index is 2.52. The average molecular weight is 216 g/mol. The van der Waals surface area contributed by atoms with E-state index in [9.17, 15) is 4.79 Å². The van der Waals surface area contributed by atoms with E-state index in [1.54, 1.807) is 6.08 Å². The van der Waals surface area contributed by atoms with E-state index in [2.05, 4.69) is 22.9 Å². The van der Waals surface area contributed by atoms with Gasteiger partial charge in [-0.3, -0.25) is 0 Å². The molecule has 0 aliphatic heterocycles. The minimum Gasteiger partial charge on any atom is -0.466 e. The lowest BCUT2D eigenvalue weighted by atomic mass is 10.1. The maximum Gasteiger partial charge on any atom is 0.330 e. The van der Waals surface area contributed by atoms with E-state index in [0.29, 0.717) is 0 Å². The predicted molar refractivity (Wildman–Crippen MR) is 65.1 cm³/mol. The van der Waals surface area contributed by atoms with Gasteiger partial charge in [0, 0.05) is 6.08 Å². The fourth-order valence-corrected chi connectivity index (χ4v) is 1.23.